The minimum Gasteiger partial charge on any atom is -0.343 e. The van der Waals surface area contributed by atoms with Crippen molar-refractivity contribution in [2.24, 2.45) is 0 Å². The highest BCUT2D eigenvalue weighted by molar-refractivity contribution is 6.35. The summed E-state index contributed by atoms with van der Waals surface area (Å²) < 4.78 is 2.48. The molecule has 1 atom stereocenters. The van der Waals surface area contributed by atoms with Gasteiger partial charge in [0.2, 0.25) is 0 Å². The number of benzene rings is 2. The molecular formula is C21H23ClN2. The van der Waals surface area contributed by atoms with Crippen LogP contribution in [0.2, 0.25) is 5.02 Å². The van der Waals surface area contributed by atoms with Crippen molar-refractivity contribution in [2.45, 2.75) is 38.9 Å². The molecule has 0 saturated carbocycles. The van der Waals surface area contributed by atoms with Crippen LogP contribution in [0.1, 0.15) is 23.7 Å². The molecule has 2 nitrogen and oxygen atoms in total. The average Bonchev–Trinajstić information content (AvgIpc) is 2.89. The molecule has 3 heteroatoms. The van der Waals surface area contributed by atoms with E-state index in [0.29, 0.717) is 6.04 Å². The second-order valence-electron chi connectivity index (χ2n) is 6.92. The van der Waals surface area contributed by atoms with Crippen molar-refractivity contribution in [3.8, 4) is 0 Å². The molecule has 3 aromatic rings. The van der Waals surface area contributed by atoms with Crippen LogP contribution in [-0.4, -0.2) is 22.6 Å². The minimum absolute atomic E-state index is 0.566. The quantitative estimate of drug-likeness (QED) is 0.658. The third-order valence-corrected chi connectivity index (χ3v) is 5.68. The van der Waals surface area contributed by atoms with E-state index < -0.39 is 0 Å². The molecule has 2 heterocycles. The average molecular weight is 339 g/mol. The summed E-state index contributed by atoms with van der Waals surface area (Å²) in [5.74, 6) is 0. The number of nitrogens with zero attached hydrogens (tertiary/aromatic N) is 2. The maximum absolute atomic E-state index is 6.60. The van der Waals surface area contributed by atoms with Gasteiger partial charge in [0.15, 0.2) is 0 Å². The predicted molar refractivity (Wildman–Crippen MR) is 102 cm³/mol. The first-order valence-corrected chi connectivity index (χ1v) is 9.05. The highest BCUT2D eigenvalue weighted by atomic mass is 35.5. The van der Waals surface area contributed by atoms with Crippen LogP contribution in [0.15, 0.2) is 48.5 Å². The molecule has 0 spiro atoms. The highest BCUT2D eigenvalue weighted by Gasteiger charge is 2.27. The van der Waals surface area contributed by atoms with Gasteiger partial charge in [-0.05, 0) is 37.6 Å². The van der Waals surface area contributed by atoms with Gasteiger partial charge in [-0.25, -0.2) is 0 Å². The zero-order valence-corrected chi connectivity index (χ0v) is 15.1. The minimum atomic E-state index is 0.566. The number of hydrogen-bond donors (Lipinski definition) is 0. The van der Waals surface area contributed by atoms with Crippen LogP contribution in [0.5, 0.6) is 0 Å². The Balaban J connectivity index is 1.80. The Morgan fingerprint density at radius 2 is 1.88 bits per heavy atom. The number of halogens is 1. The molecule has 0 N–H and O–H groups in total. The van der Waals surface area contributed by atoms with Crippen molar-refractivity contribution >= 4 is 22.5 Å². The van der Waals surface area contributed by atoms with Crippen LogP contribution in [0, 0.1) is 0 Å². The van der Waals surface area contributed by atoms with Gasteiger partial charge in [0.25, 0.3) is 0 Å². The molecule has 0 fully saturated rings. The second kappa shape index (κ2) is 6.27. The second-order valence-corrected chi connectivity index (χ2v) is 7.32. The first kappa shape index (κ1) is 15.7. The molecule has 24 heavy (non-hydrogen) atoms. The van der Waals surface area contributed by atoms with E-state index in [0.717, 1.165) is 31.0 Å². The van der Waals surface area contributed by atoms with Crippen LogP contribution < -0.4 is 0 Å². The fraction of sp³-hybridized carbons (Fsp3) is 0.333. The Labute approximate surface area is 148 Å². The zero-order valence-electron chi connectivity index (χ0n) is 14.3. The van der Waals surface area contributed by atoms with Gasteiger partial charge in [0, 0.05) is 36.6 Å². The molecule has 0 saturated heterocycles. The first-order valence-electron chi connectivity index (χ1n) is 8.68. The van der Waals surface area contributed by atoms with E-state index in [1.54, 1.807) is 0 Å². The predicted octanol–water partition coefficient (Wildman–Crippen LogP) is 4.91. The topological polar surface area (TPSA) is 8.17 Å². The summed E-state index contributed by atoms with van der Waals surface area (Å²) in [5.41, 5.74) is 5.52. The molecule has 0 radical (unpaired) electrons. The lowest BCUT2D eigenvalue weighted by molar-refractivity contribution is 0.228. The molecule has 4 rings (SSSR count). The number of aryl methyl sites for hydroxylation is 2. The van der Waals surface area contributed by atoms with Crippen molar-refractivity contribution in [2.75, 3.05) is 7.05 Å². The van der Waals surface area contributed by atoms with Gasteiger partial charge >= 0.3 is 0 Å². The number of rotatable bonds is 3. The molecule has 0 amide bonds. The molecule has 0 bridgehead atoms. The zero-order chi connectivity index (χ0) is 16.7. The van der Waals surface area contributed by atoms with Crippen molar-refractivity contribution < 1.29 is 0 Å². The summed E-state index contributed by atoms with van der Waals surface area (Å²) in [6.45, 7) is 4.30. The summed E-state index contributed by atoms with van der Waals surface area (Å²) in [5, 5.41) is 2.19. The van der Waals surface area contributed by atoms with Crippen LogP contribution in [0.25, 0.3) is 10.9 Å². The van der Waals surface area contributed by atoms with E-state index in [2.05, 4.69) is 65.9 Å². The number of likely N-dealkylation sites (N-methyl/N-ethyl adjacent to an activating group) is 1. The highest BCUT2D eigenvalue weighted by Crippen LogP contribution is 2.36. The largest absolute Gasteiger partial charge is 0.343 e. The van der Waals surface area contributed by atoms with E-state index in [1.807, 2.05) is 6.07 Å². The van der Waals surface area contributed by atoms with E-state index in [1.165, 1.54) is 27.7 Å². The Bertz CT molecular complexity index is 866. The van der Waals surface area contributed by atoms with Gasteiger partial charge < -0.3 is 4.57 Å². The molecular weight excluding hydrogens is 316 g/mol. The summed E-state index contributed by atoms with van der Waals surface area (Å²) in [4.78, 5) is 2.43. The van der Waals surface area contributed by atoms with Crippen LogP contribution in [-0.2, 0) is 25.9 Å². The Hall–Kier alpha value is -1.77. The third-order valence-electron chi connectivity index (χ3n) is 5.37. The van der Waals surface area contributed by atoms with E-state index in [9.17, 15) is 0 Å². The molecule has 1 unspecified atom stereocenters. The normalized spacial score (nSPS) is 18.0. The van der Waals surface area contributed by atoms with Gasteiger partial charge in [0.1, 0.15) is 0 Å². The van der Waals surface area contributed by atoms with E-state index in [-0.39, 0.29) is 0 Å². The maximum atomic E-state index is 6.60. The fourth-order valence-electron chi connectivity index (χ4n) is 3.87. The Morgan fingerprint density at radius 3 is 2.67 bits per heavy atom. The number of hydrogen-bond acceptors (Lipinski definition) is 1. The first-order chi connectivity index (χ1) is 11.6. The van der Waals surface area contributed by atoms with Crippen LogP contribution in [0.3, 0.4) is 0 Å². The molecule has 1 aliphatic heterocycles. The maximum Gasteiger partial charge on any atom is 0.0675 e. The molecule has 0 aliphatic carbocycles. The van der Waals surface area contributed by atoms with Crippen LogP contribution >= 0.6 is 11.6 Å². The summed E-state index contributed by atoms with van der Waals surface area (Å²) in [6.07, 6.45) is 2.12. The molecule has 1 aliphatic rings. The van der Waals surface area contributed by atoms with Crippen LogP contribution in [0.4, 0.5) is 0 Å². The van der Waals surface area contributed by atoms with Gasteiger partial charge in [-0.2, -0.15) is 0 Å². The molecule has 1 aromatic heterocycles. The number of fused-ring (bicyclic) bond motifs is 3. The summed E-state index contributed by atoms with van der Waals surface area (Å²) in [7, 11) is 2.21. The van der Waals surface area contributed by atoms with Gasteiger partial charge in [0.05, 0.1) is 10.5 Å². The summed E-state index contributed by atoms with van der Waals surface area (Å²) >= 11 is 6.60. The lowest BCUT2D eigenvalue weighted by atomic mass is 10.00. The molecule has 124 valence electrons. The van der Waals surface area contributed by atoms with Gasteiger partial charge in [-0.15, -0.1) is 0 Å². The lowest BCUT2D eigenvalue weighted by Crippen LogP contribution is -2.35. The SMILES string of the molecule is CC1Cc2c(c3cccc(Cl)c3n2CCc2ccccc2)CN1C. The lowest BCUT2D eigenvalue weighted by Gasteiger charge is -2.31. The van der Waals surface area contributed by atoms with Crippen molar-refractivity contribution in [3.63, 3.8) is 0 Å². The third kappa shape index (κ3) is 2.64. The number of para-hydroxylation sites is 1. The van der Waals surface area contributed by atoms with Gasteiger partial charge in [-0.3, -0.25) is 4.90 Å². The van der Waals surface area contributed by atoms with Crippen molar-refractivity contribution in [3.05, 3.63) is 70.4 Å². The Morgan fingerprint density at radius 1 is 1.08 bits per heavy atom. The summed E-state index contributed by atoms with van der Waals surface area (Å²) in [6, 6.07) is 17.6. The van der Waals surface area contributed by atoms with Crippen molar-refractivity contribution in [1.29, 1.82) is 0 Å². The fourth-order valence-corrected chi connectivity index (χ4v) is 4.15. The Kier molecular flexibility index (Phi) is 4.11. The standard InChI is InChI=1S/C21H23ClN2/c1-15-13-20-18(14-23(15)2)17-9-6-10-19(22)21(17)24(20)12-11-16-7-4-3-5-8-16/h3-10,15H,11-14H2,1-2H3. The van der Waals surface area contributed by atoms with E-state index >= 15 is 0 Å². The molecule has 2 aromatic carbocycles. The smallest absolute Gasteiger partial charge is 0.0675 e. The van der Waals surface area contributed by atoms with Gasteiger partial charge in [-0.1, -0.05) is 54.1 Å². The number of aromatic nitrogens is 1. The van der Waals surface area contributed by atoms with Crippen molar-refractivity contribution in [1.82, 2.24) is 9.47 Å². The monoisotopic (exact) mass is 338 g/mol. The van der Waals surface area contributed by atoms with E-state index in [4.69, 9.17) is 11.6 Å².